The molecule has 0 spiro atoms. The molecule has 6 nitrogen and oxygen atoms in total. The molecule has 1 unspecified atom stereocenters. The van der Waals surface area contributed by atoms with E-state index < -0.39 is 5.91 Å². The van der Waals surface area contributed by atoms with Crippen molar-refractivity contribution in [3.8, 4) is 0 Å². The lowest BCUT2D eigenvalue weighted by atomic mass is 10.2. The average molecular weight is 322 g/mol. The maximum absolute atomic E-state index is 11.2. The minimum absolute atomic E-state index is 0.148. The molecular formula is C8H11IN4O2. The predicted molar refractivity (Wildman–Crippen MR) is 64.5 cm³/mol. The van der Waals surface area contributed by atoms with Crippen LogP contribution in [0.4, 0.5) is 5.82 Å². The molecule has 15 heavy (non-hydrogen) atoms. The van der Waals surface area contributed by atoms with E-state index in [1.165, 1.54) is 6.33 Å². The van der Waals surface area contributed by atoms with Crippen molar-refractivity contribution in [3.63, 3.8) is 0 Å². The lowest BCUT2D eigenvalue weighted by molar-refractivity contribution is -0.118. The number of nitrogens with one attached hydrogen (secondary N) is 2. The van der Waals surface area contributed by atoms with E-state index >= 15 is 0 Å². The molecule has 0 saturated carbocycles. The van der Waals surface area contributed by atoms with Gasteiger partial charge in [-0.05, 0) is 29.5 Å². The standard InChI is InChI=1S/C8H11IN4O2/c1-4(2-5(10)14)13-7-6(9)8(15)12-3-11-7/h3-4H,2H2,1H3,(H2,10,14)(H2,11,12,13,15). The highest BCUT2D eigenvalue weighted by molar-refractivity contribution is 14.1. The summed E-state index contributed by atoms with van der Waals surface area (Å²) in [5, 5.41) is 2.94. The molecule has 1 aromatic rings. The topological polar surface area (TPSA) is 101 Å². The van der Waals surface area contributed by atoms with E-state index in [0.29, 0.717) is 9.39 Å². The number of primary amides is 1. The Morgan fingerprint density at radius 3 is 3.07 bits per heavy atom. The zero-order chi connectivity index (χ0) is 11.4. The molecule has 82 valence electrons. The van der Waals surface area contributed by atoms with Gasteiger partial charge in [-0.15, -0.1) is 0 Å². The van der Waals surface area contributed by atoms with Crippen molar-refractivity contribution < 1.29 is 4.79 Å². The molecule has 1 amide bonds. The van der Waals surface area contributed by atoms with Crippen LogP contribution >= 0.6 is 22.6 Å². The van der Waals surface area contributed by atoms with Crippen molar-refractivity contribution in [1.29, 1.82) is 0 Å². The van der Waals surface area contributed by atoms with Crippen LogP contribution in [0.25, 0.3) is 0 Å². The van der Waals surface area contributed by atoms with Crippen LogP contribution in [0.2, 0.25) is 0 Å². The van der Waals surface area contributed by atoms with Gasteiger partial charge in [-0.2, -0.15) is 0 Å². The first-order valence-electron chi connectivity index (χ1n) is 4.28. The first kappa shape index (κ1) is 12.0. The molecule has 0 aliphatic heterocycles. The van der Waals surface area contributed by atoms with Gasteiger partial charge in [-0.25, -0.2) is 4.98 Å². The van der Waals surface area contributed by atoms with E-state index in [-0.39, 0.29) is 18.0 Å². The number of anilines is 1. The quantitative estimate of drug-likeness (QED) is 0.682. The summed E-state index contributed by atoms with van der Waals surface area (Å²) in [4.78, 5) is 28.3. The van der Waals surface area contributed by atoms with Crippen LogP contribution in [-0.2, 0) is 4.79 Å². The largest absolute Gasteiger partial charge is 0.370 e. The molecule has 0 aliphatic carbocycles. The summed E-state index contributed by atoms with van der Waals surface area (Å²) in [5.74, 6) is 0.0722. The maximum atomic E-state index is 11.2. The van der Waals surface area contributed by atoms with Crippen molar-refractivity contribution >= 4 is 34.3 Å². The molecule has 0 aliphatic rings. The Hall–Kier alpha value is -1.12. The Kier molecular flexibility index (Phi) is 4.06. The second kappa shape index (κ2) is 5.10. The van der Waals surface area contributed by atoms with Gasteiger partial charge in [-0.1, -0.05) is 0 Å². The Balaban J connectivity index is 2.76. The number of nitrogens with two attached hydrogens (primary N) is 1. The van der Waals surface area contributed by atoms with Gasteiger partial charge in [0.2, 0.25) is 5.91 Å². The zero-order valence-corrected chi connectivity index (χ0v) is 10.2. The highest BCUT2D eigenvalue weighted by Gasteiger charge is 2.10. The molecule has 0 fully saturated rings. The van der Waals surface area contributed by atoms with E-state index in [0.717, 1.165) is 0 Å². The fourth-order valence-corrected chi connectivity index (χ4v) is 1.52. The monoisotopic (exact) mass is 322 g/mol. The Labute approximate surface area is 99.8 Å². The lowest BCUT2D eigenvalue weighted by Gasteiger charge is -2.12. The number of hydrogen-bond donors (Lipinski definition) is 3. The number of halogens is 1. The minimum Gasteiger partial charge on any atom is -0.370 e. The van der Waals surface area contributed by atoms with Crippen molar-refractivity contribution in [2.75, 3.05) is 5.32 Å². The van der Waals surface area contributed by atoms with E-state index in [4.69, 9.17) is 5.73 Å². The normalized spacial score (nSPS) is 12.1. The molecule has 4 N–H and O–H groups in total. The molecule has 1 heterocycles. The smallest absolute Gasteiger partial charge is 0.266 e. The number of amides is 1. The van der Waals surface area contributed by atoms with Crippen LogP contribution in [0.5, 0.6) is 0 Å². The SMILES string of the molecule is CC(CC(N)=O)Nc1nc[nH]c(=O)c1I. The van der Waals surface area contributed by atoms with Crippen LogP contribution in [0.15, 0.2) is 11.1 Å². The predicted octanol–water partition coefficient (Wildman–Crippen LogP) is 0.0503. The van der Waals surface area contributed by atoms with Crippen molar-refractivity contribution in [2.24, 2.45) is 5.73 Å². The molecule has 1 atom stereocenters. The molecule has 1 aromatic heterocycles. The van der Waals surface area contributed by atoms with Gasteiger partial charge in [0.05, 0.1) is 6.33 Å². The summed E-state index contributed by atoms with van der Waals surface area (Å²) in [7, 11) is 0. The Morgan fingerprint density at radius 1 is 1.80 bits per heavy atom. The van der Waals surface area contributed by atoms with Crippen molar-refractivity contribution in [1.82, 2.24) is 9.97 Å². The Morgan fingerprint density at radius 2 is 2.47 bits per heavy atom. The zero-order valence-electron chi connectivity index (χ0n) is 8.08. The number of carbonyl (C=O) groups excluding carboxylic acids is 1. The number of carbonyl (C=O) groups is 1. The third-order valence-corrected chi connectivity index (χ3v) is 2.69. The fourth-order valence-electron chi connectivity index (χ4n) is 1.07. The summed E-state index contributed by atoms with van der Waals surface area (Å²) in [6.07, 6.45) is 1.51. The number of rotatable bonds is 4. The molecule has 7 heteroatoms. The van der Waals surface area contributed by atoms with Gasteiger partial charge in [0.25, 0.3) is 5.56 Å². The van der Waals surface area contributed by atoms with Crippen molar-refractivity contribution in [2.45, 2.75) is 19.4 Å². The van der Waals surface area contributed by atoms with E-state index in [1.807, 2.05) is 22.6 Å². The van der Waals surface area contributed by atoms with Crippen LogP contribution < -0.4 is 16.6 Å². The highest BCUT2D eigenvalue weighted by Crippen LogP contribution is 2.10. The van der Waals surface area contributed by atoms with Crippen LogP contribution in [0.3, 0.4) is 0 Å². The number of H-pyrrole nitrogens is 1. The first-order chi connectivity index (χ1) is 7.00. The summed E-state index contributed by atoms with van der Waals surface area (Å²) < 4.78 is 0.464. The molecule has 1 rings (SSSR count). The van der Waals surface area contributed by atoms with Crippen molar-refractivity contribution in [3.05, 3.63) is 20.3 Å². The number of nitrogens with zero attached hydrogens (tertiary/aromatic N) is 1. The van der Waals surface area contributed by atoms with Crippen LogP contribution in [0, 0.1) is 3.57 Å². The van der Waals surface area contributed by atoms with Gasteiger partial charge in [0, 0.05) is 12.5 Å². The summed E-state index contributed by atoms with van der Waals surface area (Å²) in [6, 6.07) is -0.148. The molecular weight excluding hydrogens is 311 g/mol. The van der Waals surface area contributed by atoms with E-state index in [2.05, 4.69) is 15.3 Å². The molecule has 0 saturated heterocycles. The van der Waals surface area contributed by atoms with Gasteiger partial charge in [0.1, 0.15) is 9.39 Å². The second-order valence-electron chi connectivity index (χ2n) is 3.11. The molecule has 0 radical (unpaired) electrons. The van der Waals surface area contributed by atoms with Gasteiger partial charge in [0.15, 0.2) is 0 Å². The first-order valence-corrected chi connectivity index (χ1v) is 5.36. The second-order valence-corrected chi connectivity index (χ2v) is 4.19. The lowest BCUT2D eigenvalue weighted by Crippen LogP contribution is -2.26. The van der Waals surface area contributed by atoms with Crippen LogP contribution in [-0.4, -0.2) is 21.9 Å². The summed E-state index contributed by atoms with van der Waals surface area (Å²) in [6.45, 7) is 1.80. The summed E-state index contributed by atoms with van der Waals surface area (Å²) in [5.41, 5.74) is 4.84. The van der Waals surface area contributed by atoms with Gasteiger partial charge in [-0.3, -0.25) is 9.59 Å². The third kappa shape index (κ3) is 3.50. The van der Waals surface area contributed by atoms with Crippen LogP contribution in [0.1, 0.15) is 13.3 Å². The van der Waals surface area contributed by atoms with Gasteiger partial charge >= 0.3 is 0 Å². The Bertz CT molecular complexity index is 417. The fraction of sp³-hybridized carbons (Fsp3) is 0.375. The molecule has 0 aromatic carbocycles. The highest BCUT2D eigenvalue weighted by atomic mass is 127. The van der Waals surface area contributed by atoms with Gasteiger partial charge < -0.3 is 16.0 Å². The summed E-state index contributed by atoms with van der Waals surface area (Å²) >= 11 is 1.89. The average Bonchev–Trinajstić information content (AvgIpc) is 2.11. The maximum Gasteiger partial charge on any atom is 0.266 e. The van der Waals surface area contributed by atoms with E-state index in [9.17, 15) is 9.59 Å². The van der Waals surface area contributed by atoms with E-state index in [1.54, 1.807) is 6.92 Å². The number of aromatic amines is 1. The number of hydrogen-bond acceptors (Lipinski definition) is 4. The third-order valence-electron chi connectivity index (χ3n) is 1.69. The minimum atomic E-state index is -0.394. The number of aromatic nitrogens is 2. The molecule has 0 bridgehead atoms.